The van der Waals surface area contributed by atoms with Crippen LogP contribution < -0.4 is 11.1 Å². The molecule has 0 radical (unpaired) electrons. The molecule has 0 aromatic heterocycles. The molecule has 0 saturated heterocycles. The first-order valence-corrected chi connectivity index (χ1v) is 5.03. The highest BCUT2D eigenvalue weighted by molar-refractivity contribution is 8.14. The zero-order valence-corrected chi connectivity index (χ0v) is 7.49. The van der Waals surface area contributed by atoms with Crippen molar-refractivity contribution in [2.45, 2.75) is 12.8 Å². The second-order valence-corrected chi connectivity index (χ2v) is 3.54. The van der Waals surface area contributed by atoms with E-state index in [-0.39, 0.29) is 0 Å². The Balaban J connectivity index is 1.94. The van der Waals surface area contributed by atoms with E-state index in [1.54, 1.807) is 0 Å². The Bertz CT molecular complexity index is 136. The molecule has 0 aromatic carbocycles. The predicted molar refractivity (Wildman–Crippen MR) is 51.1 cm³/mol. The molecule has 0 unspecified atom stereocenters. The Kier molecular flexibility index (Phi) is 4.38. The van der Waals surface area contributed by atoms with Crippen molar-refractivity contribution in [1.29, 1.82) is 0 Å². The largest absolute Gasteiger partial charge is 0.365 e. The third-order valence-electron chi connectivity index (χ3n) is 1.49. The van der Waals surface area contributed by atoms with Crippen molar-refractivity contribution >= 4 is 16.9 Å². The molecule has 0 aliphatic carbocycles. The molecular formula is C7H15N3S. The Labute approximate surface area is 71.8 Å². The van der Waals surface area contributed by atoms with E-state index >= 15 is 0 Å². The molecule has 0 spiro atoms. The summed E-state index contributed by atoms with van der Waals surface area (Å²) >= 11 is 1.81. The van der Waals surface area contributed by atoms with Gasteiger partial charge in [0.2, 0.25) is 0 Å². The van der Waals surface area contributed by atoms with Crippen molar-refractivity contribution in [2.75, 3.05) is 25.4 Å². The van der Waals surface area contributed by atoms with Crippen LogP contribution in [0.3, 0.4) is 0 Å². The molecule has 11 heavy (non-hydrogen) atoms. The summed E-state index contributed by atoms with van der Waals surface area (Å²) in [5.41, 5.74) is 5.36. The van der Waals surface area contributed by atoms with E-state index in [4.69, 9.17) is 5.73 Å². The molecule has 3 nitrogen and oxygen atoms in total. The van der Waals surface area contributed by atoms with Gasteiger partial charge in [0.1, 0.15) is 0 Å². The molecule has 1 aliphatic heterocycles. The molecule has 0 aromatic rings. The summed E-state index contributed by atoms with van der Waals surface area (Å²) in [5.74, 6) is 1.14. The highest BCUT2D eigenvalue weighted by Gasteiger charge is 2.04. The average Bonchev–Trinajstić information content (AvgIpc) is 2.50. The fraction of sp³-hybridized carbons (Fsp3) is 0.857. The maximum atomic E-state index is 5.36. The lowest BCUT2D eigenvalue weighted by atomic mass is 10.3. The van der Waals surface area contributed by atoms with Crippen molar-refractivity contribution < 1.29 is 0 Å². The number of nitrogens with zero attached hydrogens (tertiary/aromatic N) is 1. The lowest BCUT2D eigenvalue weighted by Gasteiger charge is -2.02. The number of rotatable bonds is 4. The van der Waals surface area contributed by atoms with Crippen LogP contribution in [0.5, 0.6) is 0 Å². The van der Waals surface area contributed by atoms with E-state index in [1.807, 2.05) is 11.8 Å². The van der Waals surface area contributed by atoms with Crippen molar-refractivity contribution in [2.24, 2.45) is 10.7 Å². The number of nitrogens with two attached hydrogens (primary N) is 1. The van der Waals surface area contributed by atoms with Crippen LogP contribution in [0.25, 0.3) is 0 Å². The third kappa shape index (κ3) is 3.62. The number of hydrogen-bond donors (Lipinski definition) is 2. The zero-order valence-electron chi connectivity index (χ0n) is 6.68. The van der Waals surface area contributed by atoms with Gasteiger partial charge in [0.25, 0.3) is 0 Å². The van der Waals surface area contributed by atoms with Crippen LogP contribution in [-0.4, -0.2) is 30.6 Å². The maximum absolute atomic E-state index is 5.36. The second-order valence-electron chi connectivity index (χ2n) is 2.46. The van der Waals surface area contributed by atoms with Gasteiger partial charge in [-0.3, -0.25) is 4.99 Å². The minimum Gasteiger partial charge on any atom is -0.365 e. The van der Waals surface area contributed by atoms with Gasteiger partial charge in [-0.15, -0.1) is 0 Å². The molecule has 0 amide bonds. The molecule has 64 valence electrons. The maximum Gasteiger partial charge on any atom is 0.156 e. The number of unbranched alkanes of at least 4 members (excludes halogenated alkanes) is 1. The van der Waals surface area contributed by atoms with E-state index in [0.29, 0.717) is 0 Å². The Morgan fingerprint density at radius 2 is 2.45 bits per heavy atom. The summed E-state index contributed by atoms with van der Waals surface area (Å²) < 4.78 is 0. The summed E-state index contributed by atoms with van der Waals surface area (Å²) in [6.07, 6.45) is 2.25. The van der Waals surface area contributed by atoms with E-state index < -0.39 is 0 Å². The van der Waals surface area contributed by atoms with Gasteiger partial charge in [-0.1, -0.05) is 11.8 Å². The Morgan fingerprint density at radius 3 is 3.09 bits per heavy atom. The van der Waals surface area contributed by atoms with Crippen molar-refractivity contribution in [3.8, 4) is 0 Å². The van der Waals surface area contributed by atoms with Gasteiger partial charge < -0.3 is 11.1 Å². The fourth-order valence-electron chi connectivity index (χ4n) is 0.907. The zero-order chi connectivity index (χ0) is 7.94. The predicted octanol–water partition coefficient (Wildman–Crippen LogP) is 0.418. The van der Waals surface area contributed by atoms with Crippen LogP contribution in [0.1, 0.15) is 12.8 Å². The van der Waals surface area contributed by atoms with E-state index in [1.165, 1.54) is 0 Å². The van der Waals surface area contributed by atoms with Crippen LogP contribution in [0, 0.1) is 0 Å². The molecule has 0 atom stereocenters. The Morgan fingerprint density at radius 1 is 1.55 bits per heavy atom. The van der Waals surface area contributed by atoms with Gasteiger partial charge in [-0.25, -0.2) is 0 Å². The van der Waals surface area contributed by atoms with E-state index in [9.17, 15) is 0 Å². The van der Waals surface area contributed by atoms with Gasteiger partial charge in [-0.05, 0) is 19.4 Å². The first-order valence-electron chi connectivity index (χ1n) is 4.04. The third-order valence-corrected chi connectivity index (χ3v) is 2.43. The summed E-state index contributed by atoms with van der Waals surface area (Å²) in [5, 5.41) is 4.39. The monoisotopic (exact) mass is 173 g/mol. The van der Waals surface area contributed by atoms with Gasteiger partial charge in [0.05, 0.1) is 6.54 Å². The van der Waals surface area contributed by atoms with Crippen LogP contribution in [0.4, 0.5) is 0 Å². The van der Waals surface area contributed by atoms with Gasteiger partial charge in [-0.2, -0.15) is 0 Å². The number of amidine groups is 1. The van der Waals surface area contributed by atoms with Crippen LogP contribution in [0.2, 0.25) is 0 Å². The highest BCUT2D eigenvalue weighted by atomic mass is 32.2. The first-order chi connectivity index (χ1) is 5.43. The van der Waals surface area contributed by atoms with Crippen LogP contribution >= 0.6 is 11.8 Å². The molecular weight excluding hydrogens is 158 g/mol. The molecule has 0 fully saturated rings. The highest BCUT2D eigenvalue weighted by Crippen LogP contribution is 2.08. The van der Waals surface area contributed by atoms with Crippen LogP contribution in [-0.2, 0) is 0 Å². The van der Waals surface area contributed by atoms with Gasteiger partial charge in [0.15, 0.2) is 5.17 Å². The number of nitrogens with one attached hydrogen (secondary N) is 1. The standard InChI is InChI=1S/C7H15N3S/c8-3-1-2-4-9-7-10-5-6-11-7/h1-6,8H2,(H,9,10). The number of thioether (sulfide) groups is 1. The summed E-state index contributed by atoms with van der Waals surface area (Å²) in [7, 11) is 0. The molecule has 1 heterocycles. The van der Waals surface area contributed by atoms with E-state index in [2.05, 4.69) is 10.3 Å². The molecule has 0 bridgehead atoms. The molecule has 0 saturated carbocycles. The molecule has 3 N–H and O–H groups in total. The van der Waals surface area contributed by atoms with Gasteiger partial charge >= 0.3 is 0 Å². The van der Waals surface area contributed by atoms with Crippen molar-refractivity contribution in [1.82, 2.24) is 5.32 Å². The fourth-order valence-corrected chi connectivity index (χ4v) is 1.67. The number of hydrogen-bond acceptors (Lipinski definition) is 4. The normalized spacial score (nSPS) is 16.6. The molecule has 1 rings (SSSR count). The average molecular weight is 173 g/mol. The smallest absolute Gasteiger partial charge is 0.156 e. The minimum absolute atomic E-state index is 0.793. The Hall–Kier alpha value is -0.220. The lowest BCUT2D eigenvalue weighted by molar-refractivity contribution is 0.720. The minimum atomic E-state index is 0.793. The SMILES string of the molecule is NCCCCNC1=NCCS1. The first kappa shape index (κ1) is 8.87. The summed E-state index contributed by atoms with van der Waals surface area (Å²) in [4.78, 5) is 4.27. The number of aliphatic imine (C=N–C) groups is 1. The summed E-state index contributed by atoms with van der Waals surface area (Å²) in [6, 6.07) is 0. The van der Waals surface area contributed by atoms with Gasteiger partial charge in [0, 0.05) is 12.3 Å². The molecule has 1 aliphatic rings. The van der Waals surface area contributed by atoms with E-state index in [0.717, 1.165) is 43.4 Å². The van der Waals surface area contributed by atoms with Crippen molar-refractivity contribution in [3.05, 3.63) is 0 Å². The topological polar surface area (TPSA) is 50.4 Å². The lowest BCUT2D eigenvalue weighted by Crippen LogP contribution is -2.20. The van der Waals surface area contributed by atoms with Crippen LogP contribution in [0.15, 0.2) is 4.99 Å². The molecule has 4 heteroatoms. The second kappa shape index (κ2) is 5.43. The van der Waals surface area contributed by atoms with Crippen molar-refractivity contribution in [3.63, 3.8) is 0 Å². The quantitative estimate of drug-likeness (QED) is 0.606. The summed E-state index contributed by atoms with van der Waals surface area (Å²) in [6.45, 7) is 2.79.